The van der Waals surface area contributed by atoms with Crippen LogP contribution in [0.3, 0.4) is 0 Å². The van der Waals surface area contributed by atoms with Crippen LogP contribution in [0.25, 0.3) is 105 Å². The maximum atomic E-state index is 2.46. The van der Waals surface area contributed by atoms with Gasteiger partial charge in [0.1, 0.15) is 0 Å². The van der Waals surface area contributed by atoms with Crippen molar-refractivity contribution in [1.29, 1.82) is 0 Å². The Bertz CT molecular complexity index is 3500. The van der Waals surface area contributed by atoms with E-state index in [1.807, 2.05) is 0 Å². The third-order valence-corrected chi connectivity index (χ3v) is 11.8. The molecular formula is C54H35N3. The van der Waals surface area contributed by atoms with Crippen molar-refractivity contribution < 1.29 is 0 Å². The Morgan fingerprint density at radius 1 is 0.193 bits per heavy atom. The van der Waals surface area contributed by atoms with E-state index < -0.39 is 0 Å². The first-order valence-corrected chi connectivity index (χ1v) is 19.6. The van der Waals surface area contributed by atoms with E-state index in [4.69, 9.17) is 0 Å². The molecule has 0 N–H and O–H groups in total. The fourth-order valence-electron chi connectivity index (χ4n) is 9.25. The zero-order chi connectivity index (χ0) is 37.5. The summed E-state index contributed by atoms with van der Waals surface area (Å²) in [7, 11) is 0. The first kappa shape index (κ1) is 31.7. The van der Waals surface area contributed by atoms with E-state index in [0.717, 1.165) is 11.4 Å². The average molecular weight is 726 g/mol. The van der Waals surface area contributed by atoms with Crippen LogP contribution in [0.1, 0.15) is 0 Å². The zero-order valence-electron chi connectivity index (χ0n) is 31.0. The molecule has 0 saturated carbocycles. The molecule has 0 atom stereocenters. The highest BCUT2D eigenvalue weighted by molar-refractivity contribution is 6.14. The Morgan fingerprint density at radius 3 is 1.19 bits per heavy atom. The van der Waals surface area contributed by atoms with E-state index in [1.165, 1.54) is 93.4 Å². The predicted octanol–water partition coefficient (Wildman–Crippen LogP) is 14.3. The Labute approximate surface area is 329 Å². The van der Waals surface area contributed by atoms with Gasteiger partial charge in [-0.3, -0.25) is 0 Å². The first-order chi connectivity index (χ1) is 28.3. The minimum Gasteiger partial charge on any atom is -0.309 e. The van der Waals surface area contributed by atoms with Crippen molar-refractivity contribution in [3.8, 4) is 39.3 Å². The molecule has 0 aliphatic carbocycles. The van der Waals surface area contributed by atoms with E-state index in [-0.39, 0.29) is 0 Å². The lowest BCUT2D eigenvalue weighted by atomic mass is 9.99. The van der Waals surface area contributed by atoms with E-state index in [1.54, 1.807) is 0 Å². The summed E-state index contributed by atoms with van der Waals surface area (Å²) >= 11 is 0. The average Bonchev–Trinajstić information content (AvgIpc) is 3.92. The monoisotopic (exact) mass is 725 g/mol. The van der Waals surface area contributed by atoms with E-state index in [0.29, 0.717) is 0 Å². The summed E-state index contributed by atoms with van der Waals surface area (Å²) in [4.78, 5) is 0. The van der Waals surface area contributed by atoms with E-state index in [9.17, 15) is 0 Å². The molecule has 3 nitrogen and oxygen atoms in total. The molecule has 3 heteroatoms. The highest BCUT2D eigenvalue weighted by atomic mass is 15.0. The van der Waals surface area contributed by atoms with Crippen molar-refractivity contribution in [2.24, 2.45) is 0 Å². The summed E-state index contributed by atoms with van der Waals surface area (Å²) in [5.41, 5.74) is 15.5. The van der Waals surface area contributed by atoms with Crippen LogP contribution in [0.4, 0.5) is 0 Å². The van der Waals surface area contributed by atoms with Gasteiger partial charge in [-0.25, -0.2) is 0 Å². The molecule has 0 fully saturated rings. The van der Waals surface area contributed by atoms with Gasteiger partial charge >= 0.3 is 0 Å². The van der Waals surface area contributed by atoms with Crippen LogP contribution in [-0.2, 0) is 0 Å². The molecule has 12 rings (SSSR count). The van der Waals surface area contributed by atoms with Crippen molar-refractivity contribution in [2.45, 2.75) is 0 Å². The second kappa shape index (κ2) is 12.5. The van der Waals surface area contributed by atoms with Crippen LogP contribution in [0.15, 0.2) is 212 Å². The molecule has 12 aromatic rings. The number of nitrogens with zero attached hydrogens (tertiary/aromatic N) is 3. The molecule has 0 radical (unpaired) electrons. The van der Waals surface area contributed by atoms with Crippen LogP contribution in [0, 0.1) is 0 Å². The number of benzene rings is 9. The minimum absolute atomic E-state index is 1.13. The van der Waals surface area contributed by atoms with Crippen LogP contribution in [0.5, 0.6) is 0 Å². The Morgan fingerprint density at radius 2 is 0.579 bits per heavy atom. The SMILES string of the molecule is c1ccc(-c2ccc3c4cc(-c5ccc6c(c5)c5ccccc5n6-c5ccccc5)ccc4n(-c4ccc5c6ccccc6n(-c6ccccc6)c5c4)c3c2)cc1. The molecule has 0 bridgehead atoms. The number of rotatable bonds is 5. The smallest absolute Gasteiger partial charge is 0.0561 e. The van der Waals surface area contributed by atoms with E-state index in [2.05, 4.69) is 226 Å². The van der Waals surface area contributed by atoms with Crippen molar-refractivity contribution in [3.05, 3.63) is 212 Å². The molecule has 0 unspecified atom stereocenters. The quantitative estimate of drug-likeness (QED) is 0.168. The van der Waals surface area contributed by atoms with Crippen molar-refractivity contribution in [3.63, 3.8) is 0 Å². The largest absolute Gasteiger partial charge is 0.309 e. The van der Waals surface area contributed by atoms with Gasteiger partial charge in [0.05, 0.1) is 33.1 Å². The lowest BCUT2D eigenvalue weighted by molar-refractivity contribution is 1.15. The van der Waals surface area contributed by atoms with Gasteiger partial charge in [0.25, 0.3) is 0 Å². The summed E-state index contributed by atoms with van der Waals surface area (Å²) in [6, 6.07) is 77.5. The fraction of sp³-hybridized carbons (Fsp3) is 0. The number of aromatic nitrogens is 3. The Kier molecular flexibility index (Phi) is 6.93. The summed E-state index contributed by atoms with van der Waals surface area (Å²) in [6.07, 6.45) is 0. The fourth-order valence-corrected chi connectivity index (χ4v) is 9.25. The lowest BCUT2D eigenvalue weighted by Crippen LogP contribution is -1.97. The van der Waals surface area contributed by atoms with Gasteiger partial charge in [-0.2, -0.15) is 0 Å². The first-order valence-electron chi connectivity index (χ1n) is 19.6. The molecule has 0 amide bonds. The Hall–Kier alpha value is -7.62. The highest BCUT2D eigenvalue weighted by Gasteiger charge is 2.19. The summed E-state index contributed by atoms with van der Waals surface area (Å²) in [6.45, 7) is 0. The predicted molar refractivity (Wildman–Crippen MR) is 240 cm³/mol. The Balaban J connectivity index is 1.09. The maximum absolute atomic E-state index is 2.46. The van der Waals surface area contributed by atoms with Crippen molar-refractivity contribution in [2.75, 3.05) is 0 Å². The number of hydrogen-bond donors (Lipinski definition) is 0. The van der Waals surface area contributed by atoms with Gasteiger partial charge in [-0.15, -0.1) is 0 Å². The molecule has 0 spiro atoms. The van der Waals surface area contributed by atoms with Crippen LogP contribution in [-0.4, -0.2) is 13.7 Å². The van der Waals surface area contributed by atoms with Gasteiger partial charge in [0.15, 0.2) is 0 Å². The van der Waals surface area contributed by atoms with Crippen molar-refractivity contribution >= 4 is 65.4 Å². The maximum Gasteiger partial charge on any atom is 0.0561 e. The molecular weight excluding hydrogens is 691 g/mol. The standard InChI is InChI=1S/C54H35N3/c1-4-14-36(15-5-1)39-24-28-46-48-33-38(37-25-30-51-47(32-37)44-21-11-13-23-50(44)55(51)40-16-6-2-7-17-40)26-31-52(48)57(53(46)34-39)42-27-29-45-43-20-10-12-22-49(43)56(54(45)35-42)41-18-8-3-9-19-41/h1-35H. The van der Waals surface area contributed by atoms with Gasteiger partial charge < -0.3 is 13.7 Å². The number of fused-ring (bicyclic) bond motifs is 9. The third-order valence-electron chi connectivity index (χ3n) is 11.8. The van der Waals surface area contributed by atoms with Gasteiger partial charge in [-0.1, -0.05) is 133 Å². The van der Waals surface area contributed by atoms with Crippen LogP contribution >= 0.6 is 0 Å². The molecule has 9 aromatic carbocycles. The summed E-state index contributed by atoms with van der Waals surface area (Å²) < 4.78 is 7.24. The molecule has 0 aliphatic rings. The topological polar surface area (TPSA) is 14.8 Å². The number of hydrogen-bond acceptors (Lipinski definition) is 0. The van der Waals surface area contributed by atoms with E-state index >= 15 is 0 Å². The molecule has 266 valence electrons. The van der Waals surface area contributed by atoms with Crippen LogP contribution in [0.2, 0.25) is 0 Å². The minimum atomic E-state index is 1.13. The lowest BCUT2D eigenvalue weighted by Gasteiger charge is -2.12. The molecule has 0 aliphatic heterocycles. The second-order valence-corrected chi connectivity index (χ2v) is 15.0. The van der Waals surface area contributed by atoms with Gasteiger partial charge in [-0.05, 0) is 101 Å². The van der Waals surface area contributed by atoms with Crippen molar-refractivity contribution in [1.82, 2.24) is 13.7 Å². The highest BCUT2D eigenvalue weighted by Crippen LogP contribution is 2.41. The summed E-state index contributed by atoms with van der Waals surface area (Å²) in [5, 5.41) is 7.48. The van der Waals surface area contributed by atoms with Gasteiger partial charge in [0.2, 0.25) is 0 Å². The molecule has 57 heavy (non-hydrogen) atoms. The number of para-hydroxylation sites is 4. The molecule has 3 heterocycles. The second-order valence-electron chi connectivity index (χ2n) is 15.0. The molecule has 3 aromatic heterocycles. The van der Waals surface area contributed by atoms with Crippen LogP contribution < -0.4 is 0 Å². The third kappa shape index (κ3) is 4.86. The summed E-state index contributed by atoms with van der Waals surface area (Å²) in [5.74, 6) is 0. The normalized spacial score (nSPS) is 11.9. The zero-order valence-corrected chi connectivity index (χ0v) is 31.0. The molecule has 0 saturated heterocycles. The van der Waals surface area contributed by atoms with Gasteiger partial charge in [0, 0.05) is 49.4 Å².